The number of carbonyl (C=O) groups is 1. The molecule has 0 aliphatic rings. The number of esters is 1. The number of alkyl halides is 2. The van der Waals surface area contributed by atoms with E-state index in [0.29, 0.717) is 24.3 Å². The Bertz CT molecular complexity index is 326. The van der Waals surface area contributed by atoms with E-state index in [1.165, 1.54) is 6.20 Å². The maximum Gasteiger partial charge on any atom is 0.341 e. The molecule has 0 radical (unpaired) electrons. The molecule has 0 atom stereocenters. The predicted octanol–water partition coefficient (Wildman–Crippen LogP) is 2.32. The summed E-state index contributed by atoms with van der Waals surface area (Å²) in [7, 11) is 0. The second-order valence-electron chi connectivity index (χ2n) is 2.99. The van der Waals surface area contributed by atoms with Crippen LogP contribution in [-0.4, -0.2) is 27.6 Å². The highest BCUT2D eigenvalue weighted by Gasteiger charge is 2.16. The molecule has 15 heavy (non-hydrogen) atoms. The van der Waals surface area contributed by atoms with Crippen LogP contribution < -0.4 is 0 Å². The minimum absolute atomic E-state index is 0.347. The van der Waals surface area contributed by atoms with Gasteiger partial charge in [-0.3, -0.25) is 5.10 Å². The number of nitrogens with one attached hydrogen (secondary N) is 1. The van der Waals surface area contributed by atoms with E-state index < -0.39 is 10.8 Å². The van der Waals surface area contributed by atoms with Crippen LogP contribution >= 0.6 is 23.2 Å². The summed E-state index contributed by atoms with van der Waals surface area (Å²) in [4.78, 5) is 10.9. The Morgan fingerprint density at radius 3 is 3.00 bits per heavy atom. The van der Waals surface area contributed by atoms with Gasteiger partial charge in [-0.2, -0.15) is 5.10 Å². The zero-order chi connectivity index (χ0) is 11.3. The van der Waals surface area contributed by atoms with E-state index in [1.807, 2.05) is 6.92 Å². The van der Waals surface area contributed by atoms with E-state index in [2.05, 4.69) is 10.2 Å². The molecule has 0 spiro atoms. The van der Waals surface area contributed by atoms with Gasteiger partial charge in [0.1, 0.15) is 10.4 Å². The molecule has 0 fully saturated rings. The summed E-state index contributed by atoms with van der Waals surface area (Å²) in [6.07, 6.45) is 2.55. The Morgan fingerprint density at radius 2 is 2.40 bits per heavy atom. The number of aromatic amines is 1. The van der Waals surface area contributed by atoms with Gasteiger partial charge in [-0.1, -0.05) is 6.92 Å². The molecule has 1 aromatic heterocycles. The van der Waals surface area contributed by atoms with Gasteiger partial charge >= 0.3 is 5.97 Å². The van der Waals surface area contributed by atoms with Crippen molar-refractivity contribution in [3.8, 4) is 0 Å². The van der Waals surface area contributed by atoms with Crippen LogP contribution in [0.2, 0.25) is 0 Å². The summed E-state index contributed by atoms with van der Waals surface area (Å²) >= 11 is 11.2. The number of hydrogen-bond acceptors (Lipinski definition) is 3. The van der Waals surface area contributed by atoms with Gasteiger partial charge in [0.15, 0.2) is 0 Å². The maximum atomic E-state index is 11.5. The molecule has 1 rings (SSSR count). The monoisotopic (exact) mass is 250 g/mol. The smallest absolute Gasteiger partial charge is 0.341 e. The molecule has 0 aliphatic carbocycles. The fraction of sp³-hybridized carbons (Fsp3) is 0.556. The number of rotatable bonds is 5. The maximum absolute atomic E-state index is 11.5. The lowest BCUT2D eigenvalue weighted by atomic mass is 10.2. The average Bonchev–Trinajstić information content (AvgIpc) is 2.61. The van der Waals surface area contributed by atoms with Crippen molar-refractivity contribution < 1.29 is 9.53 Å². The lowest BCUT2D eigenvalue weighted by molar-refractivity contribution is 0.0504. The summed E-state index contributed by atoms with van der Waals surface area (Å²) in [5, 5.41) is 6.44. The third kappa shape index (κ3) is 3.72. The van der Waals surface area contributed by atoms with Crippen molar-refractivity contribution in [2.75, 3.05) is 6.61 Å². The van der Waals surface area contributed by atoms with Gasteiger partial charge in [0.05, 0.1) is 18.5 Å². The fourth-order valence-electron chi connectivity index (χ4n) is 1.07. The van der Waals surface area contributed by atoms with Crippen molar-refractivity contribution in [2.45, 2.75) is 24.6 Å². The van der Waals surface area contributed by atoms with Gasteiger partial charge in [-0.05, 0) is 6.42 Å². The highest BCUT2D eigenvalue weighted by molar-refractivity contribution is 6.44. The van der Waals surface area contributed by atoms with E-state index >= 15 is 0 Å². The standard InChI is InChI=1S/C9H12Cl2N2O2/c1-2-3-15-9(14)6-5-12-13-7(6)4-8(10)11/h5,8H,2-4H2,1H3,(H,12,13). The molecular weight excluding hydrogens is 239 g/mol. The first-order valence-corrected chi connectivity index (χ1v) is 5.50. The minimum atomic E-state index is -0.567. The lowest BCUT2D eigenvalue weighted by Gasteiger charge is -2.03. The molecule has 0 saturated carbocycles. The minimum Gasteiger partial charge on any atom is -0.462 e. The first kappa shape index (κ1) is 12.3. The van der Waals surface area contributed by atoms with Crippen LogP contribution in [0.5, 0.6) is 0 Å². The van der Waals surface area contributed by atoms with Crippen molar-refractivity contribution >= 4 is 29.2 Å². The van der Waals surface area contributed by atoms with Crippen LogP contribution in [0.25, 0.3) is 0 Å². The highest BCUT2D eigenvalue weighted by Crippen LogP contribution is 2.14. The Labute approximate surface area is 97.9 Å². The van der Waals surface area contributed by atoms with Gasteiger partial charge in [0.2, 0.25) is 0 Å². The second-order valence-corrected chi connectivity index (χ2v) is 4.27. The van der Waals surface area contributed by atoms with Crippen LogP contribution in [0.4, 0.5) is 0 Å². The average molecular weight is 251 g/mol. The zero-order valence-corrected chi connectivity index (χ0v) is 9.81. The molecule has 0 saturated heterocycles. The normalized spacial score (nSPS) is 10.7. The Hall–Kier alpha value is -0.740. The van der Waals surface area contributed by atoms with Gasteiger partial charge < -0.3 is 4.74 Å². The van der Waals surface area contributed by atoms with E-state index in [4.69, 9.17) is 27.9 Å². The molecule has 0 amide bonds. The topological polar surface area (TPSA) is 55.0 Å². The molecule has 6 heteroatoms. The first-order valence-electron chi connectivity index (χ1n) is 4.62. The molecule has 1 aromatic rings. The molecule has 4 nitrogen and oxygen atoms in total. The van der Waals surface area contributed by atoms with Crippen molar-refractivity contribution in [1.29, 1.82) is 0 Å². The summed E-state index contributed by atoms with van der Waals surface area (Å²) in [5.41, 5.74) is 1.00. The Kier molecular flexibility index (Phi) is 4.91. The number of hydrogen-bond donors (Lipinski definition) is 1. The summed E-state index contributed by atoms with van der Waals surface area (Å²) in [6.45, 7) is 2.33. The predicted molar refractivity (Wildman–Crippen MR) is 58.4 cm³/mol. The van der Waals surface area contributed by atoms with Crippen molar-refractivity contribution in [1.82, 2.24) is 10.2 Å². The third-order valence-corrected chi connectivity index (χ3v) is 2.04. The van der Waals surface area contributed by atoms with E-state index in [0.717, 1.165) is 6.42 Å². The molecule has 0 unspecified atom stereocenters. The van der Waals surface area contributed by atoms with Gasteiger partial charge in [0.25, 0.3) is 0 Å². The van der Waals surface area contributed by atoms with Gasteiger partial charge in [-0.15, -0.1) is 23.2 Å². The largest absolute Gasteiger partial charge is 0.462 e. The number of H-pyrrole nitrogens is 1. The molecule has 0 aromatic carbocycles. The number of aromatic nitrogens is 2. The second kappa shape index (κ2) is 5.98. The van der Waals surface area contributed by atoms with Crippen molar-refractivity contribution in [3.05, 3.63) is 17.5 Å². The van der Waals surface area contributed by atoms with E-state index in [9.17, 15) is 4.79 Å². The van der Waals surface area contributed by atoms with Crippen LogP contribution in [0.3, 0.4) is 0 Å². The lowest BCUT2D eigenvalue weighted by Crippen LogP contribution is -2.09. The number of nitrogens with zero attached hydrogens (tertiary/aromatic N) is 1. The van der Waals surface area contributed by atoms with Crippen LogP contribution in [0.1, 0.15) is 29.4 Å². The highest BCUT2D eigenvalue weighted by atomic mass is 35.5. The fourth-order valence-corrected chi connectivity index (χ4v) is 1.38. The van der Waals surface area contributed by atoms with Crippen LogP contribution in [-0.2, 0) is 11.2 Å². The van der Waals surface area contributed by atoms with Crippen molar-refractivity contribution in [3.63, 3.8) is 0 Å². The van der Waals surface area contributed by atoms with Crippen molar-refractivity contribution in [2.24, 2.45) is 0 Å². The third-order valence-electron chi connectivity index (χ3n) is 1.73. The Balaban J connectivity index is 2.67. The SMILES string of the molecule is CCCOC(=O)c1cn[nH]c1CC(Cl)Cl. The van der Waals surface area contributed by atoms with E-state index in [-0.39, 0.29) is 0 Å². The zero-order valence-electron chi connectivity index (χ0n) is 8.30. The van der Waals surface area contributed by atoms with Gasteiger partial charge in [-0.25, -0.2) is 4.79 Å². The summed E-state index contributed by atoms with van der Waals surface area (Å²) in [6, 6.07) is 0. The van der Waals surface area contributed by atoms with Gasteiger partial charge in [0, 0.05) is 6.42 Å². The molecular formula is C9H12Cl2N2O2. The summed E-state index contributed by atoms with van der Waals surface area (Å²) in [5.74, 6) is -0.394. The molecule has 0 bridgehead atoms. The number of carbonyl (C=O) groups excluding carboxylic acids is 1. The Morgan fingerprint density at radius 1 is 1.67 bits per heavy atom. The number of halogens is 2. The van der Waals surface area contributed by atoms with Crippen LogP contribution in [0, 0.1) is 0 Å². The molecule has 1 heterocycles. The molecule has 84 valence electrons. The summed E-state index contributed by atoms with van der Waals surface area (Å²) < 4.78 is 4.97. The van der Waals surface area contributed by atoms with Crippen LogP contribution in [0.15, 0.2) is 6.20 Å². The molecule has 1 N–H and O–H groups in total. The molecule has 0 aliphatic heterocycles. The quantitative estimate of drug-likeness (QED) is 0.645. The number of ether oxygens (including phenoxy) is 1. The van der Waals surface area contributed by atoms with E-state index in [1.54, 1.807) is 0 Å². The first-order chi connectivity index (χ1) is 7.15.